The Bertz CT molecular complexity index is 518. The maximum atomic E-state index is 12.0. The summed E-state index contributed by atoms with van der Waals surface area (Å²) in [7, 11) is -3.09. The molecule has 2 rings (SSSR count). The summed E-state index contributed by atoms with van der Waals surface area (Å²) in [6.07, 6.45) is 0. The summed E-state index contributed by atoms with van der Waals surface area (Å²) in [5.74, 6) is 0.200. The quantitative estimate of drug-likeness (QED) is 0.809. The predicted molar refractivity (Wildman–Crippen MR) is 75.0 cm³/mol. The number of hydrogen-bond acceptors (Lipinski definition) is 2. The first-order valence-corrected chi connectivity index (χ1v) is 7.26. The minimum absolute atomic E-state index is 0. The largest absolute Gasteiger partial charge is 0.228 e. The first kappa shape index (κ1) is 16.1. The van der Waals surface area contributed by atoms with Gasteiger partial charge in [0.15, 0.2) is 9.84 Å². The average molecular weight is 285 g/mol. The zero-order chi connectivity index (χ0) is 12.1. The fourth-order valence-corrected chi connectivity index (χ4v) is 3.21. The Morgan fingerprint density at radius 3 is 1.33 bits per heavy atom. The van der Waals surface area contributed by atoms with Crippen molar-refractivity contribution in [3.8, 4) is 0 Å². The van der Waals surface area contributed by atoms with Crippen molar-refractivity contribution in [3.63, 3.8) is 0 Å². The monoisotopic (exact) mass is 285 g/mol. The maximum absolute atomic E-state index is 12.0. The van der Waals surface area contributed by atoms with Crippen molar-refractivity contribution in [2.75, 3.05) is 0 Å². The van der Waals surface area contributed by atoms with Crippen LogP contribution in [0.25, 0.3) is 0 Å². The fourth-order valence-electron chi connectivity index (χ4n) is 1.71. The van der Waals surface area contributed by atoms with Crippen LogP contribution in [0.3, 0.4) is 0 Å². The number of hydrogen-bond donors (Lipinski definition) is 0. The van der Waals surface area contributed by atoms with Crippen molar-refractivity contribution in [1.29, 1.82) is 0 Å². The normalized spacial score (nSPS) is 10.7. The summed E-state index contributed by atoms with van der Waals surface area (Å²) in [6, 6.07) is 18.5. The minimum Gasteiger partial charge on any atom is -0.228 e. The van der Waals surface area contributed by atoms with E-state index >= 15 is 0 Å². The SMILES string of the molecule is O=S(=O)(Cc1ccccc1)Cc1ccccc1.[K]. The Hall–Kier alpha value is 0.0264. The van der Waals surface area contributed by atoms with Gasteiger partial charge in [0, 0.05) is 51.4 Å². The molecule has 0 saturated heterocycles. The second-order valence-electron chi connectivity index (χ2n) is 4.00. The van der Waals surface area contributed by atoms with E-state index in [4.69, 9.17) is 0 Å². The molecule has 0 atom stereocenters. The second kappa shape index (κ2) is 7.58. The summed E-state index contributed by atoms with van der Waals surface area (Å²) < 4.78 is 23.9. The molecule has 18 heavy (non-hydrogen) atoms. The van der Waals surface area contributed by atoms with Crippen LogP contribution in [0.15, 0.2) is 60.7 Å². The van der Waals surface area contributed by atoms with Gasteiger partial charge in [0.05, 0.1) is 11.5 Å². The molecule has 0 aliphatic rings. The van der Waals surface area contributed by atoms with Crippen LogP contribution in [0.5, 0.6) is 0 Å². The average Bonchev–Trinajstić information content (AvgIpc) is 2.30. The van der Waals surface area contributed by atoms with Gasteiger partial charge in [0.1, 0.15) is 0 Å². The maximum Gasteiger partial charge on any atom is 0.158 e. The van der Waals surface area contributed by atoms with E-state index in [-0.39, 0.29) is 62.9 Å². The molecule has 0 N–H and O–H groups in total. The molecule has 0 saturated carbocycles. The van der Waals surface area contributed by atoms with Gasteiger partial charge in [-0.3, -0.25) is 0 Å². The molecule has 0 unspecified atom stereocenters. The summed E-state index contributed by atoms with van der Waals surface area (Å²) in [4.78, 5) is 0. The Morgan fingerprint density at radius 1 is 0.667 bits per heavy atom. The molecular weight excluding hydrogens is 271 g/mol. The molecule has 2 aromatic rings. The van der Waals surface area contributed by atoms with Crippen LogP contribution in [0.2, 0.25) is 0 Å². The molecule has 0 spiro atoms. The Morgan fingerprint density at radius 2 is 1.00 bits per heavy atom. The smallest absolute Gasteiger partial charge is 0.158 e. The van der Waals surface area contributed by atoms with Gasteiger partial charge in [-0.1, -0.05) is 60.7 Å². The van der Waals surface area contributed by atoms with Gasteiger partial charge in [-0.2, -0.15) is 0 Å². The third-order valence-corrected chi connectivity index (χ3v) is 4.01. The molecule has 89 valence electrons. The fraction of sp³-hybridized carbons (Fsp3) is 0.143. The van der Waals surface area contributed by atoms with Crippen LogP contribution in [-0.4, -0.2) is 59.8 Å². The first-order chi connectivity index (χ1) is 8.16. The van der Waals surface area contributed by atoms with Crippen molar-refractivity contribution >= 4 is 61.2 Å². The van der Waals surface area contributed by atoms with Crippen LogP contribution in [0.1, 0.15) is 11.1 Å². The molecule has 0 amide bonds. The van der Waals surface area contributed by atoms with E-state index in [2.05, 4.69) is 0 Å². The van der Waals surface area contributed by atoms with Crippen LogP contribution >= 0.6 is 0 Å². The summed E-state index contributed by atoms with van der Waals surface area (Å²) in [6.45, 7) is 0. The second-order valence-corrected chi connectivity index (χ2v) is 6.07. The molecule has 4 heteroatoms. The molecule has 1 radical (unpaired) electrons. The van der Waals surface area contributed by atoms with Crippen molar-refractivity contribution < 1.29 is 8.42 Å². The summed E-state index contributed by atoms with van der Waals surface area (Å²) in [5.41, 5.74) is 1.67. The van der Waals surface area contributed by atoms with Crippen molar-refractivity contribution in [3.05, 3.63) is 71.8 Å². The molecule has 0 heterocycles. The molecule has 0 fully saturated rings. The topological polar surface area (TPSA) is 34.1 Å². The van der Waals surface area contributed by atoms with E-state index in [1.807, 2.05) is 60.7 Å². The number of benzene rings is 2. The van der Waals surface area contributed by atoms with Gasteiger partial charge >= 0.3 is 0 Å². The van der Waals surface area contributed by atoms with Crippen LogP contribution in [0.4, 0.5) is 0 Å². The van der Waals surface area contributed by atoms with E-state index in [0.29, 0.717) is 0 Å². The zero-order valence-electron chi connectivity index (χ0n) is 10.4. The molecule has 0 aromatic heterocycles. The molecule has 0 bridgehead atoms. The third-order valence-electron chi connectivity index (χ3n) is 2.46. The Labute approximate surface area is 151 Å². The van der Waals surface area contributed by atoms with Gasteiger partial charge in [0.25, 0.3) is 0 Å². The Kier molecular flexibility index (Phi) is 6.77. The van der Waals surface area contributed by atoms with Gasteiger partial charge in [-0.15, -0.1) is 0 Å². The van der Waals surface area contributed by atoms with E-state index in [1.54, 1.807) is 0 Å². The zero-order valence-corrected chi connectivity index (χ0v) is 14.4. The summed E-state index contributed by atoms with van der Waals surface area (Å²) in [5, 5.41) is 0. The predicted octanol–water partition coefficient (Wildman–Crippen LogP) is 2.42. The van der Waals surface area contributed by atoms with E-state index in [0.717, 1.165) is 11.1 Å². The van der Waals surface area contributed by atoms with Crippen molar-refractivity contribution in [2.45, 2.75) is 11.5 Å². The van der Waals surface area contributed by atoms with E-state index in [1.165, 1.54) is 0 Å². The first-order valence-electron chi connectivity index (χ1n) is 5.44. The van der Waals surface area contributed by atoms with Gasteiger partial charge < -0.3 is 0 Å². The number of rotatable bonds is 4. The molecule has 0 aliphatic heterocycles. The summed E-state index contributed by atoms with van der Waals surface area (Å²) >= 11 is 0. The number of sulfone groups is 1. The minimum atomic E-state index is -3.09. The Balaban J connectivity index is 0.00000162. The van der Waals surface area contributed by atoms with E-state index in [9.17, 15) is 8.42 Å². The molecule has 2 aromatic carbocycles. The molecule has 0 aliphatic carbocycles. The van der Waals surface area contributed by atoms with Gasteiger partial charge in [0.2, 0.25) is 0 Å². The van der Waals surface area contributed by atoms with Gasteiger partial charge in [-0.05, 0) is 11.1 Å². The molecular formula is C14H14KO2S. The van der Waals surface area contributed by atoms with Crippen LogP contribution in [0, 0.1) is 0 Å². The van der Waals surface area contributed by atoms with Gasteiger partial charge in [-0.25, -0.2) is 8.42 Å². The van der Waals surface area contributed by atoms with Crippen molar-refractivity contribution in [2.24, 2.45) is 0 Å². The van der Waals surface area contributed by atoms with Crippen molar-refractivity contribution in [1.82, 2.24) is 0 Å². The molecule has 2 nitrogen and oxygen atoms in total. The van der Waals surface area contributed by atoms with E-state index < -0.39 is 9.84 Å². The van der Waals surface area contributed by atoms with Crippen LogP contribution in [-0.2, 0) is 21.3 Å². The third kappa shape index (κ3) is 5.34. The van der Waals surface area contributed by atoms with Crippen LogP contribution < -0.4 is 0 Å². The standard InChI is InChI=1S/C14H14O2S.K/c15-17(16,11-13-7-3-1-4-8-13)12-14-9-5-2-6-10-14;/h1-10H,11-12H2;.